The van der Waals surface area contributed by atoms with E-state index >= 15 is 0 Å². The molecule has 0 bridgehead atoms. The maximum Gasteiger partial charge on any atom is 0.411 e. The highest BCUT2D eigenvalue weighted by Crippen LogP contribution is 2.04. The van der Waals surface area contributed by atoms with Crippen molar-refractivity contribution in [1.82, 2.24) is 9.78 Å². The predicted molar refractivity (Wildman–Crippen MR) is 53.5 cm³/mol. The summed E-state index contributed by atoms with van der Waals surface area (Å²) in [6.07, 6.45) is 2.08. The molecule has 88 valence electrons. The number of hydrogen-bond donors (Lipinski definition) is 3. The molecule has 16 heavy (non-hydrogen) atoms. The van der Waals surface area contributed by atoms with Crippen LogP contribution in [-0.4, -0.2) is 40.1 Å². The van der Waals surface area contributed by atoms with Gasteiger partial charge in [-0.1, -0.05) is 0 Å². The normalized spacial score (nSPS) is 9.81. The predicted octanol–water partition coefficient (Wildman–Crippen LogP) is -1.09. The second-order valence-corrected chi connectivity index (χ2v) is 2.88. The van der Waals surface area contributed by atoms with Gasteiger partial charge in [0.2, 0.25) is 5.91 Å². The molecule has 2 amide bonds. The Balaban J connectivity index is 2.45. The van der Waals surface area contributed by atoms with Crippen molar-refractivity contribution < 1.29 is 19.4 Å². The number of ether oxygens (including phenoxy) is 1. The van der Waals surface area contributed by atoms with Crippen molar-refractivity contribution >= 4 is 17.7 Å². The van der Waals surface area contributed by atoms with Gasteiger partial charge in [-0.3, -0.25) is 14.8 Å². The highest BCUT2D eigenvalue weighted by Gasteiger charge is 2.05. The van der Waals surface area contributed by atoms with Gasteiger partial charge in [0.1, 0.15) is 13.2 Å². The van der Waals surface area contributed by atoms with Gasteiger partial charge in [-0.25, -0.2) is 4.79 Å². The standard InChI is InChI=1S/C8H12N4O4/c9-7(14)5-12-4-6(3-10-12)11-8(15)16-2-1-13/h3-4,13H,1-2,5H2,(H2,9,14)(H,11,15). The van der Waals surface area contributed by atoms with Crippen molar-refractivity contribution in [2.75, 3.05) is 18.5 Å². The molecule has 0 unspecified atom stereocenters. The van der Waals surface area contributed by atoms with Crippen LogP contribution in [0.4, 0.5) is 10.5 Å². The van der Waals surface area contributed by atoms with E-state index in [2.05, 4.69) is 15.2 Å². The number of rotatable bonds is 5. The number of aromatic nitrogens is 2. The number of aliphatic hydroxyl groups excluding tert-OH is 1. The van der Waals surface area contributed by atoms with Crippen LogP contribution in [0, 0.1) is 0 Å². The molecular weight excluding hydrogens is 216 g/mol. The van der Waals surface area contributed by atoms with Gasteiger partial charge in [0.05, 0.1) is 18.5 Å². The van der Waals surface area contributed by atoms with Crippen molar-refractivity contribution in [3.63, 3.8) is 0 Å². The number of nitrogens with zero attached hydrogens (tertiary/aromatic N) is 2. The quantitative estimate of drug-likeness (QED) is 0.591. The molecule has 1 aromatic heterocycles. The lowest BCUT2D eigenvalue weighted by Crippen LogP contribution is -2.19. The Kier molecular flexibility index (Phi) is 4.28. The molecule has 0 aromatic carbocycles. The van der Waals surface area contributed by atoms with Gasteiger partial charge in [0.15, 0.2) is 0 Å². The Morgan fingerprint density at radius 3 is 3.00 bits per heavy atom. The van der Waals surface area contributed by atoms with Crippen molar-refractivity contribution in [2.24, 2.45) is 5.73 Å². The second-order valence-electron chi connectivity index (χ2n) is 2.88. The number of primary amides is 1. The van der Waals surface area contributed by atoms with E-state index in [0.29, 0.717) is 5.69 Å². The first-order valence-corrected chi connectivity index (χ1v) is 4.47. The van der Waals surface area contributed by atoms with Crippen LogP contribution in [0.5, 0.6) is 0 Å². The molecule has 0 aliphatic carbocycles. The van der Waals surface area contributed by atoms with E-state index in [1.807, 2.05) is 0 Å². The lowest BCUT2D eigenvalue weighted by atomic mass is 10.5. The van der Waals surface area contributed by atoms with E-state index in [4.69, 9.17) is 10.8 Å². The Morgan fingerprint density at radius 2 is 2.38 bits per heavy atom. The summed E-state index contributed by atoms with van der Waals surface area (Å²) < 4.78 is 5.84. The molecule has 0 saturated heterocycles. The zero-order valence-corrected chi connectivity index (χ0v) is 8.42. The van der Waals surface area contributed by atoms with E-state index < -0.39 is 12.0 Å². The molecule has 0 radical (unpaired) electrons. The van der Waals surface area contributed by atoms with Crippen LogP contribution in [0.25, 0.3) is 0 Å². The minimum atomic E-state index is -0.701. The first-order chi connectivity index (χ1) is 7.61. The number of hydrogen-bond acceptors (Lipinski definition) is 5. The number of nitrogens with one attached hydrogen (secondary N) is 1. The Labute approximate surface area is 91.0 Å². The summed E-state index contributed by atoms with van der Waals surface area (Å²) in [5.41, 5.74) is 5.34. The minimum Gasteiger partial charge on any atom is -0.447 e. The fourth-order valence-electron chi connectivity index (χ4n) is 0.967. The number of carbonyl (C=O) groups excluding carboxylic acids is 2. The van der Waals surface area contributed by atoms with Gasteiger partial charge in [-0.2, -0.15) is 5.10 Å². The fraction of sp³-hybridized carbons (Fsp3) is 0.375. The number of anilines is 1. The highest BCUT2D eigenvalue weighted by atomic mass is 16.6. The first-order valence-electron chi connectivity index (χ1n) is 4.47. The van der Waals surface area contributed by atoms with Crippen LogP contribution < -0.4 is 11.1 Å². The zero-order chi connectivity index (χ0) is 12.0. The van der Waals surface area contributed by atoms with Crippen LogP contribution in [0.3, 0.4) is 0 Å². The number of carbonyl (C=O) groups is 2. The number of aliphatic hydroxyl groups is 1. The van der Waals surface area contributed by atoms with Crippen molar-refractivity contribution in [2.45, 2.75) is 6.54 Å². The first kappa shape index (κ1) is 12.0. The largest absolute Gasteiger partial charge is 0.447 e. The van der Waals surface area contributed by atoms with E-state index in [0.717, 1.165) is 0 Å². The van der Waals surface area contributed by atoms with Gasteiger partial charge >= 0.3 is 6.09 Å². The topological polar surface area (TPSA) is 119 Å². The van der Waals surface area contributed by atoms with E-state index in [-0.39, 0.29) is 19.8 Å². The second kappa shape index (κ2) is 5.71. The Bertz CT molecular complexity index is 376. The molecule has 0 fully saturated rings. The van der Waals surface area contributed by atoms with Crippen molar-refractivity contribution in [1.29, 1.82) is 0 Å². The van der Waals surface area contributed by atoms with Crippen LogP contribution in [-0.2, 0) is 16.1 Å². The van der Waals surface area contributed by atoms with Crippen molar-refractivity contribution in [3.8, 4) is 0 Å². The van der Waals surface area contributed by atoms with E-state index in [1.54, 1.807) is 0 Å². The summed E-state index contributed by atoms with van der Waals surface area (Å²) in [6, 6.07) is 0. The van der Waals surface area contributed by atoms with Gasteiger partial charge < -0.3 is 15.6 Å². The molecule has 1 heterocycles. The molecule has 0 aliphatic rings. The SMILES string of the molecule is NC(=O)Cn1cc(NC(=O)OCCO)cn1. The third-order valence-electron chi connectivity index (χ3n) is 1.52. The molecule has 8 heteroatoms. The van der Waals surface area contributed by atoms with Gasteiger partial charge in [0, 0.05) is 6.20 Å². The van der Waals surface area contributed by atoms with Gasteiger partial charge in [-0.15, -0.1) is 0 Å². The smallest absolute Gasteiger partial charge is 0.411 e. The minimum absolute atomic E-state index is 0.0621. The summed E-state index contributed by atoms with van der Waals surface area (Å²) in [4.78, 5) is 21.6. The van der Waals surface area contributed by atoms with Crippen molar-refractivity contribution in [3.05, 3.63) is 12.4 Å². The maximum absolute atomic E-state index is 11.0. The van der Waals surface area contributed by atoms with E-state index in [9.17, 15) is 9.59 Å². The third kappa shape index (κ3) is 3.96. The molecule has 0 saturated carbocycles. The zero-order valence-electron chi connectivity index (χ0n) is 8.42. The molecule has 0 spiro atoms. The summed E-state index contributed by atoms with van der Waals surface area (Å²) in [5.74, 6) is -0.530. The number of amides is 2. The summed E-state index contributed by atoms with van der Waals surface area (Å²) in [6.45, 7) is -0.386. The molecule has 1 rings (SSSR count). The van der Waals surface area contributed by atoms with Gasteiger partial charge in [0.25, 0.3) is 0 Å². The maximum atomic E-state index is 11.0. The molecule has 4 N–H and O–H groups in total. The lowest BCUT2D eigenvalue weighted by molar-refractivity contribution is -0.118. The monoisotopic (exact) mass is 228 g/mol. The summed E-state index contributed by atoms with van der Waals surface area (Å²) in [5, 5.41) is 14.6. The molecule has 0 aliphatic heterocycles. The average Bonchev–Trinajstić information content (AvgIpc) is 2.61. The Morgan fingerprint density at radius 1 is 1.62 bits per heavy atom. The molecular formula is C8H12N4O4. The van der Waals surface area contributed by atoms with Crippen LogP contribution in [0.1, 0.15) is 0 Å². The Hall–Kier alpha value is -2.09. The molecule has 8 nitrogen and oxygen atoms in total. The third-order valence-corrected chi connectivity index (χ3v) is 1.52. The van der Waals surface area contributed by atoms with Crippen LogP contribution >= 0.6 is 0 Å². The summed E-state index contributed by atoms with van der Waals surface area (Å²) >= 11 is 0. The van der Waals surface area contributed by atoms with Gasteiger partial charge in [-0.05, 0) is 0 Å². The number of nitrogens with two attached hydrogens (primary N) is 1. The fourth-order valence-corrected chi connectivity index (χ4v) is 0.967. The van der Waals surface area contributed by atoms with Crippen LogP contribution in [0.15, 0.2) is 12.4 Å². The average molecular weight is 228 g/mol. The lowest BCUT2D eigenvalue weighted by Gasteiger charge is -2.02. The van der Waals surface area contributed by atoms with E-state index in [1.165, 1.54) is 17.1 Å². The molecule has 1 aromatic rings. The highest BCUT2D eigenvalue weighted by molar-refractivity contribution is 5.84. The molecule has 0 atom stereocenters. The summed E-state index contributed by atoms with van der Waals surface area (Å²) in [7, 11) is 0. The van der Waals surface area contributed by atoms with Crippen LogP contribution in [0.2, 0.25) is 0 Å².